The Hall–Kier alpha value is -3.49. The Bertz CT molecular complexity index is 1400. The molecule has 2 aromatic carbocycles. The topological polar surface area (TPSA) is 108 Å². The fourth-order valence-electron chi connectivity index (χ4n) is 6.12. The van der Waals surface area contributed by atoms with Crippen molar-refractivity contribution in [3.63, 3.8) is 0 Å². The van der Waals surface area contributed by atoms with Crippen LogP contribution in [0.25, 0.3) is 11.3 Å². The molecule has 0 saturated carbocycles. The van der Waals surface area contributed by atoms with Crippen molar-refractivity contribution >= 4 is 11.8 Å². The van der Waals surface area contributed by atoms with Crippen molar-refractivity contribution in [1.29, 1.82) is 0 Å². The third-order valence-electron chi connectivity index (χ3n) is 8.64. The van der Waals surface area contributed by atoms with Gasteiger partial charge >= 0.3 is 0 Å². The molecule has 6 rings (SSSR count). The van der Waals surface area contributed by atoms with E-state index in [4.69, 9.17) is 4.74 Å². The molecule has 2 aliphatic heterocycles. The van der Waals surface area contributed by atoms with Gasteiger partial charge in [0.2, 0.25) is 0 Å². The molecule has 3 heterocycles. The number of hydrogen-bond acceptors (Lipinski definition) is 5. The van der Waals surface area contributed by atoms with E-state index in [9.17, 15) is 14.7 Å². The first-order valence-electron chi connectivity index (χ1n) is 13.8. The number of nitrogens with zero attached hydrogens (tertiary/aromatic N) is 2. The Balaban J connectivity index is 1.13. The molecule has 1 fully saturated rings. The molecule has 0 radical (unpaired) electrons. The van der Waals surface area contributed by atoms with Gasteiger partial charge in [0, 0.05) is 54.3 Å². The van der Waals surface area contributed by atoms with E-state index in [2.05, 4.69) is 35.4 Å². The maximum atomic E-state index is 13.2. The van der Waals surface area contributed by atoms with Crippen LogP contribution in [0.2, 0.25) is 0 Å². The number of benzene rings is 2. The summed E-state index contributed by atoms with van der Waals surface area (Å²) < 4.78 is 5.38. The monoisotopic (exact) mass is 528 g/mol. The molecule has 1 saturated heterocycles. The van der Waals surface area contributed by atoms with Crippen molar-refractivity contribution in [2.45, 2.75) is 64.6 Å². The zero-order chi connectivity index (χ0) is 27.2. The van der Waals surface area contributed by atoms with Gasteiger partial charge in [0.1, 0.15) is 0 Å². The minimum absolute atomic E-state index is 0.0218. The third-order valence-corrected chi connectivity index (χ3v) is 8.64. The number of aromatic nitrogens is 2. The highest BCUT2D eigenvalue weighted by Gasteiger charge is 2.34. The number of fused-ring (bicyclic) bond motifs is 2. The molecule has 204 valence electrons. The van der Waals surface area contributed by atoms with Gasteiger partial charge in [0.05, 0.1) is 17.8 Å². The van der Waals surface area contributed by atoms with Crippen LogP contribution in [-0.4, -0.2) is 57.4 Å². The van der Waals surface area contributed by atoms with Gasteiger partial charge in [0.25, 0.3) is 11.8 Å². The number of carbonyl (C=O) groups excluding carboxylic acids is 2. The summed E-state index contributed by atoms with van der Waals surface area (Å²) >= 11 is 0. The SMILES string of the molecule is CC1(C)CCc2c(-c3ccc4c(c3)CN(Cc3ccc(C(=O)NC5(CO)CCOCC5)cc3)C4=O)n[nH]c2C1. The Kier molecular flexibility index (Phi) is 6.55. The van der Waals surface area contributed by atoms with Crippen LogP contribution in [0.1, 0.15) is 76.2 Å². The normalized spacial score (nSPS) is 19.5. The van der Waals surface area contributed by atoms with Crippen LogP contribution in [0.15, 0.2) is 42.5 Å². The quantitative estimate of drug-likeness (QED) is 0.448. The highest BCUT2D eigenvalue weighted by atomic mass is 16.5. The number of ether oxygens (including phenoxy) is 1. The van der Waals surface area contributed by atoms with Crippen LogP contribution in [0.3, 0.4) is 0 Å². The second-order valence-electron chi connectivity index (χ2n) is 12.1. The molecule has 8 heteroatoms. The van der Waals surface area contributed by atoms with Crippen LogP contribution >= 0.6 is 0 Å². The lowest BCUT2D eigenvalue weighted by molar-refractivity contribution is 0.0125. The number of aliphatic hydroxyl groups excluding tert-OH is 1. The lowest BCUT2D eigenvalue weighted by atomic mass is 9.76. The molecule has 3 aromatic rings. The van der Waals surface area contributed by atoms with Crippen LogP contribution in [0.5, 0.6) is 0 Å². The number of hydrogen-bond donors (Lipinski definition) is 3. The number of rotatable bonds is 6. The predicted molar refractivity (Wildman–Crippen MR) is 147 cm³/mol. The van der Waals surface area contributed by atoms with E-state index in [1.165, 1.54) is 11.3 Å². The summed E-state index contributed by atoms with van der Waals surface area (Å²) in [7, 11) is 0. The fraction of sp³-hybridized carbons (Fsp3) is 0.452. The predicted octanol–water partition coefficient (Wildman–Crippen LogP) is 4.02. The van der Waals surface area contributed by atoms with E-state index < -0.39 is 5.54 Å². The summed E-state index contributed by atoms with van der Waals surface area (Å²) in [5.74, 6) is -0.188. The van der Waals surface area contributed by atoms with Crippen LogP contribution in [-0.2, 0) is 30.7 Å². The number of H-pyrrole nitrogens is 1. The van der Waals surface area contributed by atoms with Gasteiger partial charge in [-0.2, -0.15) is 5.10 Å². The molecule has 0 atom stereocenters. The van der Waals surface area contributed by atoms with Crippen molar-refractivity contribution in [3.8, 4) is 11.3 Å². The molecule has 39 heavy (non-hydrogen) atoms. The average molecular weight is 529 g/mol. The number of nitrogens with one attached hydrogen (secondary N) is 2. The fourth-order valence-corrected chi connectivity index (χ4v) is 6.12. The molecule has 8 nitrogen and oxygen atoms in total. The number of aliphatic hydroxyl groups is 1. The van der Waals surface area contributed by atoms with E-state index in [0.29, 0.717) is 44.7 Å². The van der Waals surface area contributed by atoms with E-state index in [1.807, 2.05) is 29.2 Å². The minimum atomic E-state index is -0.633. The zero-order valence-corrected chi connectivity index (χ0v) is 22.7. The van der Waals surface area contributed by atoms with Gasteiger partial charge in [-0.05, 0) is 72.9 Å². The highest BCUT2D eigenvalue weighted by Crippen LogP contribution is 2.38. The molecular formula is C31H36N4O4. The number of aromatic amines is 1. The number of carbonyl (C=O) groups is 2. The Morgan fingerprint density at radius 1 is 1.13 bits per heavy atom. The lowest BCUT2D eigenvalue weighted by Crippen LogP contribution is -2.54. The van der Waals surface area contributed by atoms with Gasteiger partial charge in [-0.1, -0.05) is 32.0 Å². The van der Waals surface area contributed by atoms with Crippen molar-refractivity contribution in [3.05, 3.63) is 76.0 Å². The van der Waals surface area contributed by atoms with Crippen molar-refractivity contribution in [1.82, 2.24) is 20.4 Å². The standard InChI is InChI=1S/C31H36N4O4/c1-30(2)10-9-25-26(16-30)33-34-27(25)22-7-8-24-23(15-22)18-35(29(24)38)17-20-3-5-21(6-4-20)28(37)32-31(19-36)11-13-39-14-12-31/h3-8,15,36H,9-14,16-19H2,1-2H3,(H,32,37)(H,33,34). The Morgan fingerprint density at radius 2 is 1.90 bits per heavy atom. The van der Waals surface area contributed by atoms with Crippen molar-refractivity contribution < 1.29 is 19.4 Å². The smallest absolute Gasteiger partial charge is 0.254 e. The summed E-state index contributed by atoms with van der Waals surface area (Å²) in [5, 5.41) is 20.8. The largest absolute Gasteiger partial charge is 0.394 e. The summed E-state index contributed by atoms with van der Waals surface area (Å²) in [4.78, 5) is 27.9. The lowest BCUT2D eigenvalue weighted by Gasteiger charge is -2.36. The Labute approximate surface area is 228 Å². The van der Waals surface area contributed by atoms with Gasteiger partial charge in [-0.15, -0.1) is 0 Å². The second-order valence-corrected chi connectivity index (χ2v) is 12.1. The zero-order valence-electron chi connectivity index (χ0n) is 22.7. The first-order valence-corrected chi connectivity index (χ1v) is 13.8. The van der Waals surface area contributed by atoms with E-state index in [-0.39, 0.29) is 23.8 Å². The number of amides is 2. The molecule has 2 amide bonds. The summed E-state index contributed by atoms with van der Waals surface area (Å²) in [6, 6.07) is 13.4. The van der Waals surface area contributed by atoms with E-state index in [1.54, 1.807) is 12.1 Å². The highest BCUT2D eigenvalue weighted by molar-refractivity contribution is 5.99. The Morgan fingerprint density at radius 3 is 2.64 bits per heavy atom. The molecule has 1 aliphatic carbocycles. The summed E-state index contributed by atoms with van der Waals surface area (Å²) in [5.41, 5.74) is 7.51. The molecular weight excluding hydrogens is 492 g/mol. The molecule has 0 unspecified atom stereocenters. The van der Waals surface area contributed by atoms with Crippen molar-refractivity contribution in [2.24, 2.45) is 5.41 Å². The van der Waals surface area contributed by atoms with Crippen LogP contribution in [0.4, 0.5) is 0 Å². The minimum Gasteiger partial charge on any atom is -0.394 e. The average Bonchev–Trinajstić information content (AvgIpc) is 3.48. The third kappa shape index (κ3) is 4.99. The first kappa shape index (κ1) is 25.8. The molecule has 0 spiro atoms. The van der Waals surface area contributed by atoms with E-state index in [0.717, 1.165) is 47.2 Å². The van der Waals surface area contributed by atoms with Gasteiger partial charge in [-0.3, -0.25) is 14.7 Å². The summed E-state index contributed by atoms with van der Waals surface area (Å²) in [6.45, 7) is 6.55. The van der Waals surface area contributed by atoms with Gasteiger partial charge in [0.15, 0.2) is 0 Å². The molecule has 3 aliphatic rings. The second kappa shape index (κ2) is 9.92. The molecule has 0 bridgehead atoms. The van der Waals surface area contributed by atoms with Crippen LogP contribution in [0, 0.1) is 5.41 Å². The first-order chi connectivity index (χ1) is 18.8. The maximum absolute atomic E-state index is 13.2. The van der Waals surface area contributed by atoms with Crippen LogP contribution < -0.4 is 5.32 Å². The van der Waals surface area contributed by atoms with E-state index >= 15 is 0 Å². The van der Waals surface area contributed by atoms with Gasteiger partial charge in [-0.25, -0.2) is 0 Å². The summed E-state index contributed by atoms with van der Waals surface area (Å²) in [6.07, 6.45) is 4.34. The molecule has 3 N–H and O–H groups in total. The van der Waals surface area contributed by atoms with Crippen molar-refractivity contribution in [2.75, 3.05) is 19.8 Å². The maximum Gasteiger partial charge on any atom is 0.254 e. The molecule has 1 aromatic heterocycles. The van der Waals surface area contributed by atoms with Gasteiger partial charge < -0.3 is 20.1 Å².